The lowest BCUT2D eigenvalue weighted by atomic mass is 10.1. The molecule has 0 saturated heterocycles. The SMILES string of the molecule is COc1ccc(C2=NN(CCc3ccc(NC(=O)c4ccn[nH]4)cc3)C(=O)SC2)cc1OC. The van der Waals surface area contributed by atoms with Crippen molar-refractivity contribution >= 4 is 34.3 Å². The first-order chi connectivity index (χ1) is 16.1. The third-order valence-corrected chi connectivity index (χ3v) is 5.95. The van der Waals surface area contributed by atoms with Gasteiger partial charge in [-0.1, -0.05) is 23.9 Å². The fraction of sp³-hybridized carbons (Fsp3) is 0.217. The van der Waals surface area contributed by atoms with Crippen molar-refractivity contribution < 1.29 is 19.1 Å². The van der Waals surface area contributed by atoms with Crippen molar-refractivity contribution in [2.75, 3.05) is 31.8 Å². The predicted molar refractivity (Wildman–Crippen MR) is 127 cm³/mol. The Morgan fingerprint density at radius 3 is 2.61 bits per heavy atom. The third-order valence-electron chi connectivity index (χ3n) is 5.07. The number of amides is 2. The van der Waals surface area contributed by atoms with Gasteiger partial charge < -0.3 is 14.8 Å². The number of anilines is 1. The molecule has 10 heteroatoms. The Balaban J connectivity index is 1.40. The van der Waals surface area contributed by atoms with Crippen LogP contribution in [-0.4, -0.2) is 58.6 Å². The van der Waals surface area contributed by atoms with E-state index in [0.29, 0.717) is 41.6 Å². The van der Waals surface area contributed by atoms with Crippen LogP contribution in [0.2, 0.25) is 0 Å². The minimum Gasteiger partial charge on any atom is -0.493 e. The van der Waals surface area contributed by atoms with E-state index in [9.17, 15) is 9.59 Å². The lowest BCUT2D eigenvalue weighted by Gasteiger charge is -2.23. The number of ether oxygens (including phenoxy) is 2. The number of hydrogen-bond donors (Lipinski definition) is 2. The zero-order valence-corrected chi connectivity index (χ0v) is 19.0. The molecule has 1 aliphatic heterocycles. The lowest BCUT2D eigenvalue weighted by Crippen LogP contribution is -2.31. The molecule has 3 aromatic rings. The van der Waals surface area contributed by atoms with Crippen molar-refractivity contribution in [3.05, 3.63) is 71.5 Å². The van der Waals surface area contributed by atoms with Gasteiger partial charge in [-0.25, -0.2) is 5.01 Å². The second kappa shape index (κ2) is 10.2. The lowest BCUT2D eigenvalue weighted by molar-refractivity contribution is 0.102. The van der Waals surface area contributed by atoms with Gasteiger partial charge in [0.15, 0.2) is 11.5 Å². The summed E-state index contributed by atoms with van der Waals surface area (Å²) in [5.74, 6) is 1.50. The van der Waals surface area contributed by atoms with Crippen LogP contribution in [-0.2, 0) is 6.42 Å². The molecular weight excluding hydrogens is 442 g/mol. The Bertz CT molecular complexity index is 1160. The number of aromatic nitrogens is 2. The number of nitrogens with one attached hydrogen (secondary N) is 2. The van der Waals surface area contributed by atoms with Crippen LogP contribution in [0.3, 0.4) is 0 Å². The van der Waals surface area contributed by atoms with Gasteiger partial charge in [-0.3, -0.25) is 14.7 Å². The Morgan fingerprint density at radius 1 is 1.12 bits per heavy atom. The smallest absolute Gasteiger partial charge is 0.302 e. The predicted octanol–water partition coefficient (Wildman–Crippen LogP) is 3.79. The Morgan fingerprint density at radius 2 is 1.91 bits per heavy atom. The second-order valence-corrected chi connectivity index (χ2v) is 8.09. The van der Waals surface area contributed by atoms with E-state index in [1.165, 1.54) is 23.0 Å². The minimum absolute atomic E-state index is 0.0809. The topological polar surface area (TPSA) is 109 Å². The van der Waals surface area contributed by atoms with Crippen molar-refractivity contribution in [1.82, 2.24) is 15.2 Å². The van der Waals surface area contributed by atoms with E-state index in [0.717, 1.165) is 16.8 Å². The largest absolute Gasteiger partial charge is 0.493 e. The fourth-order valence-electron chi connectivity index (χ4n) is 3.29. The van der Waals surface area contributed by atoms with Crippen LogP contribution in [0.4, 0.5) is 10.5 Å². The van der Waals surface area contributed by atoms with Crippen LogP contribution < -0.4 is 14.8 Å². The Kier molecular flexibility index (Phi) is 6.94. The normalized spacial score (nSPS) is 13.5. The molecule has 2 heterocycles. The van der Waals surface area contributed by atoms with E-state index in [1.54, 1.807) is 20.3 Å². The van der Waals surface area contributed by atoms with Gasteiger partial charge in [-0.05, 0) is 48.4 Å². The molecule has 4 rings (SSSR count). The van der Waals surface area contributed by atoms with Crippen molar-refractivity contribution in [3.8, 4) is 11.5 Å². The van der Waals surface area contributed by atoms with Gasteiger partial charge in [0.25, 0.3) is 5.91 Å². The van der Waals surface area contributed by atoms with Gasteiger partial charge in [0, 0.05) is 29.7 Å². The highest BCUT2D eigenvalue weighted by atomic mass is 32.2. The third kappa shape index (κ3) is 5.35. The summed E-state index contributed by atoms with van der Waals surface area (Å²) >= 11 is 1.22. The van der Waals surface area contributed by atoms with E-state index in [1.807, 2.05) is 42.5 Å². The molecule has 2 N–H and O–H groups in total. The van der Waals surface area contributed by atoms with Gasteiger partial charge in [0.2, 0.25) is 0 Å². The second-order valence-electron chi connectivity index (χ2n) is 7.17. The molecule has 0 spiro atoms. The maximum absolute atomic E-state index is 12.4. The average molecular weight is 466 g/mol. The summed E-state index contributed by atoms with van der Waals surface area (Å²) in [4.78, 5) is 24.5. The van der Waals surface area contributed by atoms with Gasteiger partial charge in [0.05, 0.1) is 19.9 Å². The van der Waals surface area contributed by atoms with Crippen molar-refractivity contribution in [1.29, 1.82) is 0 Å². The van der Waals surface area contributed by atoms with E-state index in [2.05, 4.69) is 20.6 Å². The molecule has 170 valence electrons. The highest BCUT2D eigenvalue weighted by Crippen LogP contribution is 2.29. The van der Waals surface area contributed by atoms with Crippen molar-refractivity contribution in [2.45, 2.75) is 6.42 Å². The van der Waals surface area contributed by atoms with E-state index in [-0.39, 0.29) is 11.1 Å². The maximum atomic E-state index is 12.4. The quantitative estimate of drug-likeness (QED) is 0.524. The number of thioether (sulfide) groups is 1. The summed E-state index contributed by atoms with van der Waals surface area (Å²) in [6.07, 6.45) is 2.15. The minimum atomic E-state index is -0.256. The van der Waals surface area contributed by atoms with Crippen LogP contribution >= 0.6 is 11.8 Å². The number of hydrogen-bond acceptors (Lipinski definition) is 7. The molecule has 0 unspecified atom stereocenters. The highest BCUT2D eigenvalue weighted by molar-refractivity contribution is 8.14. The average Bonchev–Trinajstić information content (AvgIpc) is 3.39. The Hall–Kier alpha value is -3.79. The molecular formula is C23H23N5O4S. The van der Waals surface area contributed by atoms with Crippen LogP contribution in [0.15, 0.2) is 59.8 Å². The van der Waals surface area contributed by atoms with Gasteiger partial charge >= 0.3 is 5.24 Å². The fourth-order valence-corrected chi connectivity index (χ4v) is 4.05. The summed E-state index contributed by atoms with van der Waals surface area (Å²) < 4.78 is 10.7. The summed E-state index contributed by atoms with van der Waals surface area (Å²) in [6.45, 7) is 0.447. The molecule has 0 radical (unpaired) electrons. The number of aromatic amines is 1. The number of benzene rings is 2. The number of carbonyl (C=O) groups excluding carboxylic acids is 2. The van der Waals surface area contributed by atoms with Gasteiger partial charge in [-0.15, -0.1) is 0 Å². The molecule has 0 fully saturated rings. The van der Waals surface area contributed by atoms with Crippen LogP contribution in [0.1, 0.15) is 21.6 Å². The molecule has 9 nitrogen and oxygen atoms in total. The summed E-state index contributed by atoms with van der Waals surface area (Å²) in [5.41, 5.74) is 3.79. The molecule has 1 aromatic heterocycles. The number of nitrogens with zero attached hydrogens (tertiary/aromatic N) is 3. The molecule has 0 bridgehead atoms. The zero-order valence-electron chi connectivity index (χ0n) is 18.2. The molecule has 0 atom stereocenters. The number of H-pyrrole nitrogens is 1. The van der Waals surface area contributed by atoms with Gasteiger partial charge in [-0.2, -0.15) is 10.2 Å². The van der Waals surface area contributed by atoms with Crippen LogP contribution in [0.5, 0.6) is 11.5 Å². The highest BCUT2D eigenvalue weighted by Gasteiger charge is 2.22. The van der Waals surface area contributed by atoms with Crippen LogP contribution in [0, 0.1) is 0 Å². The van der Waals surface area contributed by atoms with Crippen LogP contribution in [0.25, 0.3) is 0 Å². The molecule has 1 aliphatic rings. The van der Waals surface area contributed by atoms with E-state index in [4.69, 9.17) is 9.47 Å². The summed E-state index contributed by atoms with van der Waals surface area (Å²) in [6, 6.07) is 14.7. The first-order valence-electron chi connectivity index (χ1n) is 10.2. The number of hydrazone groups is 1. The number of carbonyl (C=O) groups is 2. The number of rotatable bonds is 8. The first-order valence-corrected chi connectivity index (χ1v) is 11.2. The maximum Gasteiger partial charge on any atom is 0.302 e. The standard InChI is InChI=1S/C23H23N5O4S/c1-31-20-8-5-16(13-21(20)32-2)19-14-33-23(30)28(27-19)12-10-15-3-6-17(7-4-15)25-22(29)18-9-11-24-26-18/h3-9,11,13H,10,12,14H2,1-2H3,(H,24,26)(H,25,29). The summed E-state index contributed by atoms with van der Waals surface area (Å²) in [7, 11) is 3.18. The monoisotopic (exact) mass is 465 g/mol. The first kappa shape index (κ1) is 22.4. The number of methoxy groups -OCH3 is 2. The Labute approximate surface area is 195 Å². The zero-order chi connectivity index (χ0) is 23.2. The van der Waals surface area contributed by atoms with Gasteiger partial charge in [0.1, 0.15) is 5.69 Å². The van der Waals surface area contributed by atoms with E-state index >= 15 is 0 Å². The molecule has 2 aromatic carbocycles. The van der Waals surface area contributed by atoms with E-state index < -0.39 is 0 Å². The molecule has 0 aliphatic carbocycles. The molecule has 2 amide bonds. The van der Waals surface area contributed by atoms with Crippen molar-refractivity contribution in [3.63, 3.8) is 0 Å². The molecule has 33 heavy (non-hydrogen) atoms. The molecule has 0 saturated carbocycles. The summed E-state index contributed by atoms with van der Waals surface area (Å²) in [5, 5.41) is 15.2. The van der Waals surface area contributed by atoms with Crippen molar-refractivity contribution in [2.24, 2.45) is 5.10 Å².